The van der Waals surface area contributed by atoms with Crippen molar-refractivity contribution in [3.05, 3.63) is 40.5 Å². The first-order chi connectivity index (χ1) is 9.19. The third-order valence-corrected chi connectivity index (χ3v) is 2.75. The van der Waals surface area contributed by atoms with Crippen molar-refractivity contribution in [3.8, 4) is 11.6 Å². The van der Waals surface area contributed by atoms with E-state index in [0.717, 1.165) is 13.0 Å². The summed E-state index contributed by atoms with van der Waals surface area (Å²) in [6, 6.07) is 7.04. The van der Waals surface area contributed by atoms with Crippen LogP contribution in [0.5, 0.6) is 11.6 Å². The first-order valence-corrected chi connectivity index (χ1v) is 6.64. The van der Waals surface area contributed by atoms with Crippen molar-refractivity contribution in [1.29, 1.82) is 0 Å². The number of rotatable bonds is 5. The van der Waals surface area contributed by atoms with Crippen LogP contribution < -0.4 is 10.1 Å². The quantitative estimate of drug-likeness (QED) is 0.889. The van der Waals surface area contributed by atoms with Gasteiger partial charge in [-0.2, -0.15) is 4.98 Å². The third-order valence-electron chi connectivity index (χ3n) is 2.26. The van der Waals surface area contributed by atoms with Gasteiger partial charge in [-0.15, -0.1) is 0 Å². The molecule has 6 heteroatoms. The van der Waals surface area contributed by atoms with Crippen LogP contribution in [0.2, 0.25) is 10.0 Å². The Morgan fingerprint density at radius 3 is 2.89 bits per heavy atom. The fraction of sp³-hybridized carbons (Fsp3) is 0.231. The van der Waals surface area contributed by atoms with E-state index in [1.807, 2.05) is 0 Å². The predicted molar refractivity (Wildman–Crippen MR) is 77.3 cm³/mol. The summed E-state index contributed by atoms with van der Waals surface area (Å²) in [7, 11) is 0. The molecule has 0 radical (unpaired) electrons. The van der Waals surface area contributed by atoms with Gasteiger partial charge in [0.05, 0.1) is 6.20 Å². The zero-order chi connectivity index (χ0) is 13.7. The fourth-order valence-electron chi connectivity index (χ4n) is 1.39. The molecule has 0 unspecified atom stereocenters. The summed E-state index contributed by atoms with van der Waals surface area (Å²) in [5, 5.41) is 4.01. The van der Waals surface area contributed by atoms with Gasteiger partial charge in [0, 0.05) is 11.6 Å². The maximum Gasteiger partial charge on any atom is 0.243 e. The molecule has 2 aromatic rings. The highest BCUT2D eigenvalue weighted by Crippen LogP contribution is 2.28. The van der Waals surface area contributed by atoms with Gasteiger partial charge in [-0.05, 0) is 24.6 Å². The summed E-state index contributed by atoms with van der Waals surface area (Å²) in [5.41, 5.74) is 0. The van der Waals surface area contributed by atoms with Crippen LogP contribution in [0.15, 0.2) is 30.5 Å². The Morgan fingerprint density at radius 1 is 1.32 bits per heavy atom. The van der Waals surface area contributed by atoms with Crippen LogP contribution in [0.3, 0.4) is 0 Å². The van der Waals surface area contributed by atoms with Crippen LogP contribution in [0, 0.1) is 0 Å². The van der Waals surface area contributed by atoms with E-state index in [1.165, 1.54) is 6.20 Å². The maximum absolute atomic E-state index is 6.01. The largest absolute Gasteiger partial charge is 0.437 e. The number of benzene rings is 1. The molecule has 0 bridgehead atoms. The molecule has 1 aromatic carbocycles. The number of hydrogen-bond donors (Lipinski definition) is 1. The molecule has 1 N–H and O–H groups in total. The molecule has 0 spiro atoms. The average Bonchev–Trinajstić information content (AvgIpc) is 2.40. The molecule has 1 heterocycles. The molecule has 19 heavy (non-hydrogen) atoms. The summed E-state index contributed by atoms with van der Waals surface area (Å²) >= 11 is 11.9. The Kier molecular flexibility index (Phi) is 4.82. The molecule has 0 saturated heterocycles. The van der Waals surface area contributed by atoms with E-state index < -0.39 is 0 Å². The zero-order valence-electron chi connectivity index (χ0n) is 10.4. The first-order valence-electron chi connectivity index (χ1n) is 5.89. The Morgan fingerprint density at radius 2 is 2.16 bits per heavy atom. The Bertz CT molecular complexity index is 563. The number of nitrogens with zero attached hydrogens (tertiary/aromatic N) is 2. The Balaban J connectivity index is 2.19. The Labute approximate surface area is 121 Å². The van der Waals surface area contributed by atoms with Crippen molar-refractivity contribution < 1.29 is 4.74 Å². The van der Waals surface area contributed by atoms with Gasteiger partial charge in [0.15, 0.2) is 0 Å². The van der Waals surface area contributed by atoms with Gasteiger partial charge in [-0.25, -0.2) is 4.98 Å². The lowest BCUT2D eigenvalue weighted by Gasteiger charge is -2.08. The molecule has 0 aliphatic carbocycles. The Hall–Kier alpha value is -1.52. The molecule has 0 aliphatic rings. The second kappa shape index (κ2) is 6.59. The zero-order valence-corrected chi connectivity index (χ0v) is 11.9. The van der Waals surface area contributed by atoms with Gasteiger partial charge in [-0.3, -0.25) is 0 Å². The van der Waals surface area contributed by atoms with Crippen LogP contribution in [-0.4, -0.2) is 16.5 Å². The summed E-state index contributed by atoms with van der Waals surface area (Å²) in [6.45, 7) is 2.85. The van der Waals surface area contributed by atoms with Gasteiger partial charge >= 0.3 is 0 Å². The van der Waals surface area contributed by atoms with E-state index in [1.54, 1.807) is 24.3 Å². The molecule has 100 valence electrons. The highest BCUT2D eigenvalue weighted by Gasteiger charge is 2.08. The normalized spacial score (nSPS) is 10.3. The summed E-state index contributed by atoms with van der Waals surface area (Å²) in [6.07, 6.45) is 2.49. The predicted octanol–water partition coefficient (Wildman–Crippen LogP) is 4.40. The molecule has 4 nitrogen and oxygen atoms in total. The van der Waals surface area contributed by atoms with E-state index in [9.17, 15) is 0 Å². The van der Waals surface area contributed by atoms with E-state index in [0.29, 0.717) is 27.6 Å². The molecule has 1 aromatic heterocycles. The van der Waals surface area contributed by atoms with Crippen LogP contribution in [0.1, 0.15) is 13.3 Å². The van der Waals surface area contributed by atoms with E-state index in [-0.39, 0.29) is 0 Å². The standard InChI is InChI=1S/C13H13Cl2N3O/c1-2-6-16-13-17-8-11(15)12(18-13)19-10-5-3-4-9(14)7-10/h3-5,7-8H,2,6H2,1H3,(H,16,17,18). The van der Waals surface area contributed by atoms with E-state index in [2.05, 4.69) is 22.2 Å². The second-order valence-corrected chi connectivity index (χ2v) is 4.68. The number of nitrogens with one attached hydrogen (secondary N) is 1. The molecule has 0 amide bonds. The minimum absolute atomic E-state index is 0.303. The highest BCUT2D eigenvalue weighted by atomic mass is 35.5. The van der Waals surface area contributed by atoms with Crippen molar-refractivity contribution in [3.63, 3.8) is 0 Å². The second-order valence-electron chi connectivity index (χ2n) is 3.83. The van der Waals surface area contributed by atoms with Crippen LogP contribution in [0.4, 0.5) is 5.95 Å². The van der Waals surface area contributed by atoms with E-state index >= 15 is 0 Å². The van der Waals surface area contributed by atoms with Gasteiger partial charge in [-0.1, -0.05) is 36.2 Å². The van der Waals surface area contributed by atoms with Crippen LogP contribution in [0.25, 0.3) is 0 Å². The number of anilines is 1. The SMILES string of the molecule is CCCNc1ncc(Cl)c(Oc2cccc(Cl)c2)n1. The number of halogens is 2. The van der Waals surface area contributed by atoms with Gasteiger partial charge < -0.3 is 10.1 Å². The van der Waals surface area contributed by atoms with E-state index in [4.69, 9.17) is 27.9 Å². The summed E-state index contributed by atoms with van der Waals surface area (Å²) < 4.78 is 5.60. The number of aromatic nitrogens is 2. The number of ether oxygens (including phenoxy) is 1. The summed E-state index contributed by atoms with van der Waals surface area (Å²) in [4.78, 5) is 8.29. The highest BCUT2D eigenvalue weighted by molar-refractivity contribution is 6.31. The lowest BCUT2D eigenvalue weighted by molar-refractivity contribution is 0.462. The van der Waals surface area contributed by atoms with Crippen molar-refractivity contribution in [1.82, 2.24) is 9.97 Å². The molecular weight excluding hydrogens is 285 g/mol. The number of hydrogen-bond acceptors (Lipinski definition) is 4. The topological polar surface area (TPSA) is 47.0 Å². The molecule has 0 atom stereocenters. The van der Waals surface area contributed by atoms with Crippen molar-refractivity contribution in [2.75, 3.05) is 11.9 Å². The lowest BCUT2D eigenvalue weighted by atomic mass is 10.3. The first kappa shape index (κ1) is 13.9. The van der Waals surface area contributed by atoms with Crippen LogP contribution >= 0.6 is 23.2 Å². The lowest BCUT2D eigenvalue weighted by Crippen LogP contribution is -2.04. The minimum atomic E-state index is 0.303. The molecule has 0 aliphatic heterocycles. The molecular formula is C13H13Cl2N3O. The fourth-order valence-corrected chi connectivity index (χ4v) is 1.70. The van der Waals surface area contributed by atoms with Gasteiger partial charge in [0.25, 0.3) is 0 Å². The average molecular weight is 298 g/mol. The molecule has 0 saturated carbocycles. The van der Waals surface area contributed by atoms with Gasteiger partial charge in [0.2, 0.25) is 11.8 Å². The van der Waals surface area contributed by atoms with Crippen LogP contribution in [-0.2, 0) is 0 Å². The van der Waals surface area contributed by atoms with Crippen molar-refractivity contribution in [2.24, 2.45) is 0 Å². The minimum Gasteiger partial charge on any atom is -0.437 e. The smallest absolute Gasteiger partial charge is 0.243 e. The van der Waals surface area contributed by atoms with Crippen molar-refractivity contribution in [2.45, 2.75) is 13.3 Å². The summed E-state index contributed by atoms with van der Waals surface area (Å²) in [5.74, 6) is 1.37. The molecule has 0 fully saturated rings. The maximum atomic E-state index is 6.01. The molecule has 2 rings (SSSR count). The third kappa shape index (κ3) is 3.98. The van der Waals surface area contributed by atoms with Gasteiger partial charge in [0.1, 0.15) is 10.8 Å². The monoisotopic (exact) mass is 297 g/mol. The van der Waals surface area contributed by atoms with Crippen molar-refractivity contribution >= 4 is 29.2 Å².